The first-order chi connectivity index (χ1) is 15.6. The Morgan fingerprint density at radius 2 is 1.72 bits per heavy atom. The first-order valence-corrected chi connectivity index (χ1v) is 9.85. The first kappa shape index (κ1) is 19.6. The summed E-state index contributed by atoms with van der Waals surface area (Å²) in [4.78, 5) is 17.3. The van der Waals surface area contributed by atoms with Gasteiger partial charge in [0.1, 0.15) is 0 Å². The predicted molar refractivity (Wildman–Crippen MR) is 119 cm³/mol. The van der Waals surface area contributed by atoms with Crippen LogP contribution in [-0.2, 0) is 0 Å². The monoisotopic (exact) mass is 426 g/mol. The summed E-state index contributed by atoms with van der Waals surface area (Å²) >= 11 is 0. The van der Waals surface area contributed by atoms with E-state index in [1.165, 1.54) is 12.1 Å². The lowest BCUT2D eigenvalue weighted by molar-refractivity contribution is 0.102. The number of benzene rings is 3. The molecule has 0 saturated carbocycles. The van der Waals surface area contributed by atoms with Gasteiger partial charge in [-0.1, -0.05) is 48.5 Å². The van der Waals surface area contributed by atoms with Crippen LogP contribution in [0.5, 0.6) is 0 Å². The topological polar surface area (TPSA) is 70.7 Å². The highest BCUT2D eigenvalue weighted by molar-refractivity contribution is 6.11. The van der Waals surface area contributed by atoms with Crippen molar-refractivity contribution in [3.63, 3.8) is 0 Å². The molecule has 3 aromatic carbocycles. The second-order valence-corrected chi connectivity index (χ2v) is 7.19. The normalized spacial score (nSPS) is 10.9. The van der Waals surface area contributed by atoms with Gasteiger partial charge in [0, 0.05) is 16.5 Å². The van der Waals surface area contributed by atoms with Crippen LogP contribution in [0.4, 0.5) is 14.5 Å². The van der Waals surface area contributed by atoms with Crippen molar-refractivity contribution in [3.05, 3.63) is 102 Å². The molecule has 5 rings (SSSR count). The zero-order chi connectivity index (χ0) is 22.1. The fourth-order valence-corrected chi connectivity index (χ4v) is 3.52. The number of rotatable bonds is 4. The van der Waals surface area contributed by atoms with Crippen molar-refractivity contribution < 1.29 is 13.6 Å². The number of carbonyl (C=O) groups excluding carboxylic acids is 1. The van der Waals surface area contributed by atoms with Crippen LogP contribution < -0.4 is 5.32 Å². The smallest absolute Gasteiger partial charge is 0.276 e. The summed E-state index contributed by atoms with van der Waals surface area (Å²) < 4.78 is 27.9. The van der Waals surface area contributed by atoms with Crippen molar-refractivity contribution in [2.24, 2.45) is 0 Å². The van der Waals surface area contributed by atoms with E-state index in [2.05, 4.69) is 20.5 Å². The molecule has 0 bridgehead atoms. The Hall–Kier alpha value is -4.39. The van der Waals surface area contributed by atoms with Gasteiger partial charge in [-0.05, 0) is 35.9 Å². The van der Waals surface area contributed by atoms with Crippen molar-refractivity contribution in [1.29, 1.82) is 0 Å². The van der Waals surface area contributed by atoms with E-state index in [1.807, 2.05) is 36.4 Å². The number of hydrogen-bond donors (Lipinski definition) is 2. The Bertz CT molecular complexity index is 1430. The molecule has 0 atom stereocenters. The molecule has 156 valence electrons. The van der Waals surface area contributed by atoms with Gasteiger partial charge in [-0.2, -0.15) is 5.10 Å². The van der Waals surface area contributed by atoms with Crippen LogP contribution in [0.3, 0.4) is 0 Å². The molecule has 0 aliphatic heterocycles. The predicted octanol–water partition coefficient (Wildman–Crippen LogP) is 5.82. The number of carbonyl (C=O) groups is 1. The van der Waals surface area contributed by atoms with Crippen LogP contribution in [0, 0.1) is 11.6 Å². The lowest BCUT2D eigenvalue weighted by Crippen LogP contribution is -2.13. The minimum Gasteiger partial charge on any atom is -0.319 e. The van der Waals surface area contributed by atoms with Gasteiger partial charge in [0.05, 0.1) is 23.1 Å². The number of nitrogens with one attached hydrogen (secondary N) is 2. The number of amides is 1. The Kier molecular flexibility index (Phi) is 4.91. The maximum absolute atomic E-state index is 14.2. The van der Waals surface area contributed by atoms with Crippen molar-refractivity contribution in [3.8, 4) is 22.4 Å². The van der Waals surface area contributed by atoms with E-state index in [1.54, 1.807) is 30.5 Å². The molecule has 0 aliphatic carbocycles. The maximum atomic E-state index is 14.2. The Balaban J connectivity index is 1.43. The first-order valence-electron chi connectivity index (χ1n) is 9.85. The molecule has 1 amide bonds. The molecular formula is C25H16F2N4O. The lowest BCUT2D eigenvalue weighted by atomic mass is 10.0. The molecule has 5 nitrogen and oxygen atoms in total. The number of aromatic amines is 1. The van der Waals surface area contributed by atoms with Gasteiger partial charge in [0.15, 0.2) is 17.3 Å². The van der Waals surface area contributed by atoms with E-state index in [4.69, 9.17) is 0 Å². The summed E-state index contributed by atoms with van der Waals surface area (Å²) in [6.07, 6.45) is 1.57. The molecule has 0 fully saturated rings. The van der Waals surface area contributed by atoms with Crippen molar-refractivity contribution in [1.82, 2.24) is 15.2 Å². The zero-order valence-electron chi connectivity index (χ0n) is 16.6. The fraction of sp³-hybridized carbons (Fsp3) is 0. The minimum atomic E-state index is -0.939. The fourth-order valence-electron chi connectivity index (χ4n) is 3.52. The highest BCUT2D eigenvalue weighted by Crippen LogP contribution is 2.29. The quantitative estimate of drug-likeness (QED) is 0.380. The molecule has 2 N–H and O–H groups in total. The molecule has 2 heterocycles. The molecule has 32 heavy (non-hydrogen) atoms. The van der Waals surface area contributed by atoms with Crippen molar-refractivity contribution in [2.45, 2.75) is 0 Å². The van der Waals surface area contributed by atoms with Crippen LogP contribution in [0.25, 0.3) is 33.3 Å². The van der Waals surface area contributed by atoms with Crippen LogP contribution in [0.2, 0.25) is 0 Å². The highest BCUT2D eigenvalue weighted by atomic mass is 19.2. The molecule has 0 saturated heterocycles. The Labute approximate surface area is 181 Å². The molecule has 0 radical (unpaired) electrons. The van der Waals surface area contributed by atoms with E-state index in [0.29, 0.717) is 22.2 Å². The average molecular weight is 426 g/mol. The lowest BCUT2D eigenvalue weighted by Gasteiger charge is -2.06. The Morgan fingerprint density at radius 3 is 2.50 bits per heavy atom. The SMILES string of the molecule is O=C(Nc1ccc(-c2ccccc2)nc1)c1n[nH]c2ccc(-c3cccc(F)c3F)cc12. The summed E-state index contributed by atoms with van der Waals surface area (Å²) in [6, 6.07) is 22.2. The van der Waals surface area contributed by atoms with E-state index in [0.717, 1.165) is 17.3 Å². The van der Waals surface area contributed by atoms with Crippen LogP contribution in [0.15, 0.2) is 85.1 Å². The third-order valence-corrected chi connectivity index (χ3v) is 5.13. The van der Waals surface area contributed by atoms with Crippen molar-refractivity contribution >= 4 is 22.5 Å². The second-order valence-electron chi connectivity index (χ2n) is 7.19. The maximum Gasteiger partial charge on any atom is 0.276 e. The molecule has 0 aliphatic rings. The highest BCUT2D eigenvalue weighted by Gasteiger charge is 2.17. The van der Waals surface area contributed by atoms with Crippen LogP contribution in [-0.4, -0.2) is 21.1 Å². The van der Waals surface area contributed by atoms with Gasteiger partial charge < -0.3 is 5.32 Å². The Morgan fingerprint density at radius 1 is 0.875 bits per heavy atom. The van der Waals surface area contributed by atoms with Gasteiger partial charge >= 0.3 is 0 Å². The van der Waals surface area contributed by atoms with Crippen LogP contribution >= 0.6 is 0 Å². The second kappa shape index (κ2) is 8.03. The number of aromatic nitrogens is 3. The van der Waals surface area contributed by atoms with Gasteiger partial charge in [0.25, 0.3) is 5.91 Å². The average Bonchev–Trinajstić information content (AvgIpc) is 3.25. The standard InChI is InChI=1S/C25H16F2N4O/c26-20-8-4-7-18(23(20)27)16-9-11-22-19(13-16)24(31-30-22)25(32)29-17-10-12-21(28-14-17)15-5-2-1-3-6-15/h1-14H,(H,29,32)(H,30,31). The van der Waals surface area contributed by atoms with Gasteiger partial charge in [-0.15, -0.1) is 0 Å². The van der Waals surface area contributed by atoms with E-state index in [-0.39, 0.29) is 11.3 Å². The largest absolute Gasteiger partial charge is 0.319 e. The molecular weight excluding hydrogens is 410 g/mol. The molecule has 0 unspecified atom stereocenters. The number of fused-ring (bicyclic) bond motifs is 1. The molecule has 7 heteroatoms. The molecule has 0 spiro atoms. The van der Waals surface area contributed by atoms with Crippen molar-refractivity contribution in [2.75, 3.05) is 5.32 Å². The number of pyridine rings is 1. The van der Waals surface area contributed by atoms with E-state index >= 15 is 0 Å². The van der Waals surface area contributed by atoms with Crippen LogP contribution in [0.1, 0.15) is 10.5 Å². The van der Waals surface area contributed by atoms with Gasteiger partial charge in [-0.3, -0.25) is 14.9 Å². The van der Waals surface area contributed by atoms with Gasteiger partial charge in [-0.25, -0.2) is 8.78 Å². The summed E-state index contributed by atoms with van der Waals surface area (Å²) in [5, 5.41) is 10.2. The van der Waals surface area contributed by atoms with Gasteiger partial charge in [0.2, 0.25) is 0 Å². The van der Waals surface area contributed by atoms with E-state index < -0.39 is 17.5 Å². The minimum absolute atomic E-state index is 0.111. The molecule has 2 aromatic heterocycles. The number of H-pyrrole nitrogens is 1. The van der Waals surface area contributed by atoms with E-state index in [9.17, 15) is 13.6 Å². The summed E-state index contributed by atoms with van der Waals surface area (Å²) in [5.41, 5.74) is 3.58. The summed E-state index contributed by atoms with van der Waals surface area (Å²) in [7, 11) is 0. The number of halogens is 2. The third kappa shape index (κ3) is 3.60. The number of nitrogens with zero attached hydrogens (tertiary/aromatic N) is 2. The zero-order valence-corrected chi connectivity index (χ0v) is 16.6. The summed E-state index contributed by atoms with van der Waals surface area (Å²) in [6.45, 7) is 0. The number of hydrogen-bond acceptors (Lipinski definition) is 3. The third-order valence-electron chi connectivity index (χ3n) is 5.13. The molecule has 5 aromatic rings. The number of anilines is 1. The summed E-state index contributed by atoms with van der Waals surface area (Å²) in [5.74, 6) is -2.31.